The van der Waals surface area contributed by atoms with E-state index in [9.17, 15) is 5.11 Å². The highest BCUT2D eigenvalue weighted by Gasteiger charge is 2.33. The zero-order valence-corrected chi connectivity index (χ0v) is 11.3. The van der Waals surface area contributed by atoms with Crippen LogP contribution in [0.3, 0.4) is 0 Å². The molecule has 100 valence electrons. The van der Waals surface area contributed by atoms with Gasteiger partial charge in [-0.3, -0.25) is 9.80 Å². The van der Waals surface area contributed by atoms with Crippen molar-refractivity contribution >= 4 is 0 Å². The molecule has 2 aliphatic rings. The molecule has 0 aliphatic carbocycles. The van der Waals surface area contributed by atoms with Crippen molar-refractivity contribution in [1.29, 1.82) is 0 Å². The van der Waals surface area contributed by atoms with Gasteiger partial charge in [-0.1, -0.05) is 6.92 Å². The summed E-state index contributed by atoms with van der Waals surface area (Å²) in [5.74, 6) is 0. The van der Waals surface area contributed by atoms with Crippen LogP contribution in [0.15, 0.2) is 0 Å². The SMILES string of the molecule is CCNC(C)(CO)CN1CCN2CCCC2C1. The van der Waals surface area contributed by atoms with Crippen molar-refractivity contribution in [2.45, 2.75) is 38.3 Å². The highest BCUT2D eigenvalue weighted by Crippen LogP contribution is 2.22. The van der Waals surface area contributed by atoms with Gasteiger partial charge in [0.15, 0.2) is 0 Å². The molecule has 2 rings (SSSR count). The van der Waals surface area contributed by atoms with Crippen LogP contribution in [0.4, 0.5) is 0 Å². The molecule has 2 saturated heterocycles. The summed E-state index contributed by atoms with van der Waals surface area (Å²) in [4.78, 5) is 5.14. The molecule has 0 radical (unpaired) electrons. The van der Waals surface area contributed by atoms with E-state index in [0.29, 0.717) is 0 Å². The Labute approximate surface area is 105 Å². The average molecular weight is 241 g/mol. The normalized spacial score (nSPS) is 30.2. The Hall–Kier alpha value is -0.160. The maximum atomic E-state index is 9.53. The van der Waals surface area contributed by atoms with Gasteiger partial charge in [0.2, 0.25) is 0 Å². The summed E-state index contributed by atoms with van der Waals surface area (Å²) in [5, 5.41) is 12.9. The fraction of sp³-hybridized carbons (Fsp3) is 1.00. The lowest BCUT2D eigenvalue weighted by atomic mass is 10.0. The third kappa shape index (κ3) is 3.19. The van der Waals surface area contributed by atoms with Crippen molar-refractivity contribution in [2.24, 2.45) is 0 Å². The van der Waals surface area contributed by atoms with Crippen molar-refractivity contribution in [2.75, 3.05) is 45.9 Å². The monoisotopic (exact) mass is 241 g/mol. The number of nitrogens with one attached hydrogen (secondary N) is 1. The lowest BCUT2D eigenvalue weighted by Crippen LogP contribution is -2.59. The van der Waals surface area contributed by atoms with Crippen LogP contribution in [0.5, 0.6) is 0 Å². The Morgan fingerprint density at radius 2 is 2.18 bits per heavy atom. The number of aliphatic hydroxyl groups excluding tert-OH is 1. The molecule has 2 fully saturated rings. The first-order valence-corrected chi connectivity index (χ1v) is 6.99. The quantitative estimate of drug-likeness (QED) is 0.717. The molecule has 4 heteroatoms. The summed E-state index contributed by atoms with van der Waals surface area (Å²) in [6, 6.07) is 0.772. The lowest BCUT2D eigenvalue weighted by molar-refractivity contribution is 0.0625. The molecule has 17 heavy (non-hydrogen) atoms. The third-order valence-corrected chi connectivity index (χ3v) is 4.20. The number of aliphatic hydroxyl groups is 1. The number of piperazine rings is 1. The minimum Gasteiger partial charge on any atom is -0.394 e. The highest BCUT2D eigenvalue weighted by atomic mass is 16.3. The van der Waals surface area contributed by atoms with Crippen molar-refractivity contribution in [3.05, 3.63) is 0 Å². The van der Waals surface area contributed by atoms with Crippen LogP contribution < -0.4 is 5.32 Å². The van der Waals surface area contributed by atoms with Gasteiger partial charge in [-0.15, -0.1) is 0 Å². The van der Waals surface area contributed by atoms with Gasteiger partial charge in [0, 0.05) is 32.2 Å². The fourth-order valence-corrected chi connectivity index (χ4v) is 3.28. The Kier molecular flexibility index (Phi) is 4.42. The zero-order chi connectivity index (χ0) is 12.3. The fourth-order valence-electron chi connectivity index (χ4n) is 3.28. The van der Waals surface area contributed by atoms with Crippen LogP contribution in [0, 0.1) is 0 Å². The molecule has 0 aromatic carbocycles. The van der Waals surface area contributed by atoms with Crippen LogP contribution in [0.25, 0.3) is 0 Å². The van der Waals surface area contributed by atoms with E-state index in [1.807, 2.05) is 0 Å². The van der Waals surface area contributed by atoms with Crippen molar-refractivity contribution in [1.82, 2.24) is 15.1 Å². The van der Waals surface area contributed by atoms with E-state index in [-0.39, 0.29) is 12.1 Å². The Balaban J connectivity index is 1.86. The molecule has 0 saturated carbocycles. The predicted molar refractivity (Wildman–Crippen MR) is 70.2 cm³/mol. The molecule has 0 bridgehead atoms. The van der Waals surface area contributed by atoms with Crippen LogP contribution in [-0.4, -0.2) is 72.4 Å². The maximum Gasteiger partial charge on any atom is 0.0623 e. The first-order valence-electron chi connectivity index (χ1n) is 6.99. The molecule has 2 aliphatic heterocycles. The third-order valence-electron chi connectivity index (χ3n) is 4.20. The summed E-state index contributed by atoms with van der Waals surface area (Å²) in [5.41, 5.74) is -0.143. The summed E-state index contributed by atoms with van der Waals surface area (Å²) < 4.78 is 0. The second kappa shape index (κ2) is 5.65. The van der Waals surface area contributed by atoms with E-state index in [1.165, 1.54) is 32.5 Å². The molecule has 4 nitrogen and oxygen atoms in total. The molecular weight excluding hydrogens is 214 g/mol. The Morgan fingerprint density at radius 3 is 2.88 bits per heavy atom. The maximum absolute atomic E-state index is 9.53. The van der Waals surface area contributed by atoms with E-state index in [1.54, 1.807) is 0 Å². The summed E-state index contributed by atoms with van der Waals surface area (Å²) in [6.45, 7) is 11.1. The van der Waals surface area contributed by atoms with E-state index >= 15 is 0 Å². The molecule has 2 heterocycles. The second-order valence-electron chi connectivity index (χ2n) is 5.82. The van der Waals surface area contributed by atoms with Gasteiger partial charge in [0.05, 0.1) is 12.1 Å². The van der Waals surface area contributed by atoms with Gasteiger partial charge in [-0.25, -0.2) is 0 Å². The summed E-state index contributed by atoms with van der Waals surface area (Å²) in [6.07, 6.45) is 2.72. The van der Waals surface area contributed by atoms with Gasteiger partial charge in [0.25, 0.3) is 0 Å². The van der Waals surface area contributed by atoms with E-state index in [2.05, 4.69) is 29.0 Å². The molecular formula is C13H27N3O. The van der Waals surface area contributed by atoms with Crippen molar-refractivity contribution in [3.63, 3.8) is 0 Å². The Bertz CT molecular complexity index is 249. The van der Waals surface area contributed by atoms with Gasteiger partial charge in [-0.05, 0) is 32.9 Å². The van der Waals surface area contributed by atoms with E-state index in [0.717, 1.165) is 25.7 Å². The van der Waals surface area contributed by atoms with Crippen LogP contribution >= 0.6 is 0 Å². The smallest absolute Gasteiger partial charge is 0.0623 e. The average Bonchev–Trinajstić information content (AvgIpc) is 2.76. The molecule has 2 unspecified atom stereocenters. The topological polar surface area (TPSA) is 38.7 Å². The summed E-state index contributed by atoms with van der Waals surface area (Å²) >= 11 is 0. The minimum absolute atomic E-state index is 0.143. The minimum atomic E-state index is -0.143. The predicted octanol–water partition coefficient (Wildman–Crippen LogP) is 0.127. The number of rotatable bonds is 5. The standard InChI is InChI=1S/C13H27N3O/c1-3-14-13(2,11-17)10-15-7-8-16-6-4-5-12(16)9-15/h12,14,17H,3-11H2,1-2H3. The molecule has 0 amide bonds. The van der Waals surface area contributed by atoms with Gasteiger partial charge in [0.1, 0.15) is 0 Å². The molecule has 0 spiro atoms. The van der Waals surface area contributed by atoms with Gasteiger partial charge in [-0.2, -0.15) is 0 Å². The van der Waals surface area contributed by atoms with Gasteiger partial charge < -0.3 is 10.4 Å². The van der Waals surface area contributed by atoms with Crippen molar-refractivity contribution < 1.29 is 5.11 Å². The molecule has 0 aromatic rings. The molecule has 0 aromatic heterocycles. The van der Waals surface area contributed by atoms with Crippen LogP contribution in [0.2, 0.25) is 0 Å². The molecule has 2 atom stereocenters. The number of hydrogen-bond acceptors (Lipinski definition) is 4. The van der Waals surface area contributed by atoms with Crippen LogP contribution in [-0.2, 0) is 0 Å². The summed E-state index contributed by atoms with van der Waals surface area (Å²) in [7, 11) is 0. The number of hydrogen-bond donors (Lipinski definition) is 2. The number of fused-ring (bicyclic) bond motifs is 1. The first-order chi connectivity index (χ1) is 8.17. The Morgan fingerprint density at radius 1 is 1.35 bits per heavy atom. The van der Waals surface area contributed by atoms with E-state index in [4.69, 9.17) is 0 Å². The highest BCUT2D eigenvalue weighted by molar-refractivity contribution is 4.92. The van der Waals surface area contributed by atoms with Crippen LogP contribution in [0.1, 0.15) is 26.7 Å². The second-order valence-corrected chi connectivity index (χ2v) is 5.82. The van der Waals surface area contributed by atoms with E-state index < -0.39 is 0 Å². The first kappa shape index (κ1) is 13.3. The largest absolute Gasteiger partial charge is 0.394 e. The lowest BCUT2D eigenvalue weighted by Gasteiger charge is -2.41. The number of likely N-dealkylation sites (N-methyl/N-ethyl adjacent to an activating group) is 1. The van der Waals surface area contributed by atoms with Gasteiger partial charge >= 0.3 is 0 Å². The zero-order valence-electron chi connectivity index (χ0n) is 11.3. The van der Waals surface area contributed by atoms with Crippen molar-refractivity contribution in [3.8, 4) is 0 Å². The number of nitrogens with zero attached hydrogens (tertiary/aromatic N) is 2. The molecule has 2 N–H and O–H groups in total.